The summed E-state index contributed by atoms with van der Waals surface area (Å²) in [6.45, 7) is -0.110. The van der Waals surface area contributed by atoms with E-state index in [1.807, 2.05) is 66.7 Å². The maximum Gasteiger partial charge on any atom is 0.188 e. The number of aliphatic hydroxyl groups excluding tert-OH is 1. The fourth-order valence-electron chi connectivity index (χ4n) is 2.89. The Balaban J connectivity index is 1.51. The fraction of sp³-hybridized carbons (Fsp3) is 0.0455. The van der Waals surface area contributed by atoms with Gasteiger partial charge in [-0.25, -0.2) is 9.19 Å². The molecule has 9 heteroatoms. The molecule has 0 aliphatic rings. The first-order valence-corrected chi connectivity index (χ1v) is 12.2. The maximum atomic E-state index is 12.6. The van der Waals surface area contributed by atoms with E-state index in [2.05, 4.69) is 15.0 Å². The summed E-state index contributed by atoms with van der Waals surface area (Å²) in [7, 11) is -1.37. The molecule has 0 aliphatic carbocycles. The number of aliphatic hydroxyl groups is 1. The van der Waals surface area contributed by atoms with Gasteiger partial charge in [-0.15, -0.1) is 0 Å². The van der Waals surface area contributed by atoms with Crippen molar-refractivity contribution in [2.45, 2.75) is 16.4 Å². The summed E-state index contributed by atoms with van der Waals surface area (Å²) < 4.78 is 15.5. The van der Waals surface area contributed by atoms with E-state index in [1.165, 1.54) is 23.3 Å². The lowest BCUT2D eigenvalue weighted by Crippen LogP contribution is -2.04. The average molecular weight is 469 g/mol. The summed E-state index contributed by atoms with van der Waals surface area (Å²) in [5.74, 6) is 0. The minimum Gasteiger partial charge on any atom is -0.391 e. The van der Waals surface area contributed by atoms with Gasteiger partial charge in [0.15, 0.2) is 5.13 Å². The highest BCUT2D eigenvalue weighted by atomic mass is 32.2. The molecule has 6 nitrogen and oxygen atoms in total. The molecule has 0 saturated heterocycles. The van der Waals surface area contributed by atoms with Crippen molar-refractivity contribution < 1.29 is 9.32 Å². The number of rotatable bonds is 8. The molecule has 0 fully saturated rings. The van der Waals surface area contributed by atoms with E-state index in [0.717, 1.165) is 26.7 Å². The number of para-hydroxylation sites is 1. The summed E-state index contributed by atoms with van der Waals surface area (Å²) in [6.07, 6.45) is 0. The number of hydrogen-bond donors (Lipinski definition) is 4. The monoisotopic (exact) mass is 468 g/mol. The number of hydrogen-bond acceptors (Lipinski definition) is 7. The predicted octanol–water partition coefficient (Wildman–Crippen LogP) is 5.15. The summed E-state index contributed by atoms with van der Waals surface area (Å²) >= 11 is 2.59. The van der Waals surface area contributed by atoms with E-state index < -0.39 is 11.0 Å². The Morgan fingerprint density at radius 1 is 0.968 bits per heavy atom. The molecule has 3 aromatic carbocycles. The first kappa shape index (κ1) is 21.5. The fourth-order valence-corrected chi connectivity index (χ4v) is 4.90. The van der Waals surface area contributed by atoms with Gasteiger partial charge in [0.1, 0.15) is 11.0 Å². The second-order valence-electron chi connectivity index (χ2n) is 6.48. The molecular weight excluding hydrogens is 448 g/mol. The first-order chi connectivity index (χ1) is 15.2. The summed E-state index contributed by atoms with van der Waals surface area (Å²) in [5, 5.41) is 19.3. The second kappa shape index (κ2) is 10.1. The van der Waals surface area contributed by atoms with Gasteiger partial charge in [-0.1, -0.05) is 41.7 Å². The van der Waals surface area contributed by atoms with Crippen molar-refractivity contribution in [3.8, 4) is 11.3 Å². The van der Waals surface area contributed by atoms with Crippen LogP contribution in [0.25, 0.3) is 11.3 Å². The Kier molecular flexibility index (Phi) is 7.00. The van der Waals surface area contributed by atoms with Gasteiger partial charge < -0.3 is 15.1 Å². The molecule has 0 bridgehead atoms. The van der Waals surface area contributed by atoms with E-state index in [0.29, 0.717) is 15.7 Å². The van der Waals surface area contributed by atoms with Crippen molar-refractivity contribution in [3.05, 3.63) is 83.7 Å². The van der Waals surface area contributed by atoms with Gasteiger partial charge in [-0.3, -0.25) is 5.14 Å². The standard InChI is InChI=1S/C22H20N4O2S3/c23-30-18-10-8-16(9-11-18)24-22-25-21(20(14-27)29-22)15-6-12-19(13-7-15)31(28)26-17-4-2-1-3-5-17/h1-13,26-27H,14,23H2,(H,24,25). The van der Waals surface area contributed by atoms with Gasteiger partial charge in [-0.2, -0.15) is 0 Å². The third-order valence-corrected chi connectivity index (χ3v) is 7.03. The van der Waals surface area contributed by atoms with Crippen molar-refractivity contribution >= 4 is 50.8 Å². The van der Waals surface area contributed by atoms with E-state index in [4.69, 9.17) is 5.14 Å². The molecule has 0 spiro atoms. The number of aromatic nitrogens is 1. The number of benzene rings is 3. The third-order valence-electron chi connectivity index (χ3n) is 4.41. The van der Waals surface area contributed by atoms with E-state index in [9.17, 15) is 9.32 Å². The molecule has 158 valence electrons. The molecule has 0 radical (unpaired) electrons. The number of nitrogens with two attached hydrogens (primary N) is 1. The molecule has 0 amide bonds. The Hall–Kier alpha value is -2.69. The van der Waals surface area contributed by atoms with Gasteiger partial charge >= 0.3 is 0 Å². The van der Waals surface area contributed by atoms with Crippen LogP contribution in [0.1, 0.15) is 4.88 Å². The summed E-state index contributed by atoms with van der Waals surface area (Å²) in [6, 6.07) is 24.5. The van der Waals surface area contributed by atoms with Gasteiger partial charge in [-0.05, 0) is 60.5 Å². The SMILES string of the molecule is NSc1ccc(Nc2nc(-c3ccc(S(=O)Nc4ccccc4)cc3)c(CO)s2)cc1. The number of nitrogens with one attached hydrogen (secondary N) is 2. The highest BCUT2D eigenvalue weighted by Crippen LogP contribution is 2.33. The van der Waals surface area contributed by atoms with E-state index >= 15 is 0 Å². The third kappa shape index (κ3) is 5.33. The zero-order valence-electron chi connectivity index (χ0n) is 16.3. The smallest absolute Gasteiger partial charge is 0.188 e. The zero-order valence-corrected chi connectivity index (χ0v) is 18.8. The van der Waals surface area contributed by atoms with Gasteiger partial charge in [0.05, 0.1) is 22.1 Å². The minimum atomic E-state index is -1.37. The topological polar surface area (TPSA) is 100 Å². The number of anilines is 3. The van der Waals surface area contributed by atoms with Crippen molar-refractivity contribution in [2.75, 3.05) is 10.0 Å². The summed E-state index contributed by atoms with van der Waals surface area (Å²) in [4.78, 5) is 7.04. The normalized spacial score (nSPS) is 11.8. The Bertz CT molecular complexity index is 1160. The molecule has 1 heterocycles. The maximum absolute atomic E-state index is 12.6. The Labute approximate surface area is 191 Å². The number of thiazole rings is 1. The lowest BCUT2D eigenvalue weighted by atomic mass is 10.1. The molecular formula is C22H20N4O2S3. The Morgan fingerprint density at radius 3 is 2.32 bits per heavy atom. The molecule has 0 aliphatic heterocycles. The predicted molar refractivity (Wildman–Crippen MR) is 130 cm³/mol. The molecule has 1 aromatic heterocycles. The minimum absolute atomic E-state index is 0.110. The highest BCUT2D eigenvalue weighted by Gasteiger charge is 2.14. The van der Waals surface area contributed by atoms with Crippen LogP contribution < -0.4 is 15.2 Å². The lowest BCUT2D eigenvalue weighted by molar-refractivity contribution is 0.286. The molecule has 1 atom stereocenters. The van der Waals surface area contributed by atoms with Crippen molar-refractivity contribution in [2.24, 2.45) is 5.14 Å². The molecule has 4 aromatic rings. The molecule has 1 unspecified atom stereocenters. The highest BCUT2D eigenvalue weighted by molar-refractivity contribution is 7.97. The number of nitrogens with zero attached hydrogens (tertiary/aromatic N) is 1. The van der Waals surface area contributed by atoms with Crippen molar-refractivity contribution in [1.29, 1.82) is 0 Å². The van der Waals surface area contributed by atoms with Crippen LogP contribution in [-0.2, 0) is 17.6 Å². The van der Waals surface area contributed by atoms with Crippen LogP contribution >= 0.6 is 23.3 Å². The Morgan fingerprint density at radius 2 is 1.68 bits per heavy atom. The molecule has 5 N–H and O–H groups in total. The first-order valence-electron chi connectivity index (χ1n) is 9.34. The average Bonchev–Trinajstić information content (AvgIpc) is 3.23. The van der Waals surface area contributed by atoms with Crippen molar-refractivity contribution in [3.63, 3.8) is 0 Å². The van der Waals surface area contributed by atoms with E-state index in [-0.39, 0.29) is 6.61 Å². The summed E-state index contributed by atoms with van der Waals surface area (Å²) in [5.41, 5.74) is 3.24. The largest absolute Gasteiger partial charge is 0.391 e. The van der Waals surface area contributed by atoms with Gasteiger partial charge in [0, 0.05) is 21.8 Å². The van der Waals surface area contributed by atoms with Crippen LogP contribution in [0.4, 0.5) is 16.5 Å². The quantitative estimate of drug-likeness (QED) is 0.267. The zero-order chi connectivity index (χ0) is 21.6. The van der Waals surface area contributed by atoms with Crippen LogP contribution in [0.3, 0.4) is 0 Å². The van der Waals surface area contributed by atoms with Crippen LogP contribution in [0, 0.1) is 0 Å². The van der Waals surface area contributed by atoms with E-state index in [1.54, 1.807) is 12.1 Å². The van der Waals surface area contributed by atoms with Crippen molar-refractivity contribution in [1.82, 2.24) is 4.98 Å². The van der Waals surface area contributed by atoms with Gasteiger partial charge in [0.2, 0.25) is 0 Å². The lowest BCUT2D eigenvalue weighted by Gasteiger charge is -2.07. The molecule has 4 rings (SSSR count). The molecule has 0 saturated carbocycles. The van der Waals surface area contributed by atoms with Crippen LogP contribution in [0.2, 0.25) is 0 Å². The van der Waals surface area contributed by atoms with Gasteiger partial charge in [0.25, 0.3) is 0 Å². The van der Waals surface area contributed by atoms with Crippen LogP contribution in [-0.4, -0.2) is 14.3 Å². The molecule has 31 heavy (non-hydrogen) atoms. The van der Waals surface area contributed by atoms with Crippen LogP contribution in [0.5, 0.6) is 0 Å². The van der Waals surface area contributed by atoms with Crippen LogP contribution in [0.15, 0.2) is 88.7 Å². The second-order valence-corrected chi connectivity index (χ2v) is 9.48.